The van der Waals surface area contributed by atoms with Crippen molar-refractivity contribution in [3.05, 3.63) is 65.2 Å². The Morgan fingerprint density at radius 2 is 1.87 bits per heavy atom. The molecule has 7 heteroatoms. The van der Waals surface area contributed by atoms with E-state index < -0.39 is 12.7 Å². The molecule has 6 N–H and O–H groups in total. The van der Waals surface area contributed by atoms with Crippen molar-refractivity contribution in [2.45, 2.75) is 57.6 Å². The SMILES string of the molecule is CC(O)OC1c2ccc(N)cc2C(C)CN1CC[C@H](Cc1ccccc1)NC(O)O. The molecule has 2 aromatic carbocycles. The number of hydrogen-bond donors (Lipinski definition) is 5. The molecule has 4 atom stereocenters. The number of aliphatic hydroxyl groups is 3. The highest BCUT2D eigenvalue weighted by atomic mass is 16.6. The molecular formula is C23H33N3O4. The summed E-state index contributed by atoms with van der Waals surface area (Å²) in [6.45, 7) is 5.19. The Balaban J connectivity index is 1.75. The van der Waals surface area contributed by atoms with Gasteiger partial charge in [0.15, 0.2) is 6.29 Å². The van der Waals surface area contributed by atoms with E-state index in [1.54, 1.807) is 6.92 Å². The van der Waals surface area contributed by atoms with Gasteiger partial charge >= 0.3 is 0 Å². The standard InChI is InChI=1S/C23H33N3O4/c1-15-14-26(22(30-16(2)27)20-9-8-18(24)13-21(15)20)11-10-19(25-23(28)29)12-17-6-4-3-5-7-17/h3-9,13,15-16,19,22-23,25,27-29H,10-12,14,24H2,1-2H3/t15?,16?,19-,22?/m1/s1. The third-order valence-corrected chi connectivity index (χ3v) is 5.55. The summed E-state index contributed by atoms with van der Waals surface area (Å²) >= 11 is 0. The molecule has 0 aliphatic carbocycles. The van der Waals surface area contributed by atoms with Gasteiger partial charge < -0.3 is 25.8 Å². The second kappa shape index (κ2) is 10.3. The molecule has 0 saturated carbocycles. The second-order valence-corrected chi connectivity index (χ2v) is 8.09. The molecule has 0 bridgehead atoms. The van der Waals surface area contributed by atoms with Gasteiger partial charge in [-0.15, -0.1) is 0 Å². The first-order chi connectivity index (χ1) is 14.3. The molecule has 0 spiro atoms. The maximum Gasteiger partial charge on any atom is 0.211 e. The van der Waals surface area contributed by atoms with Crippen LogP contribution < -0.4 is 11.1 Å². The van der Waals surface area contributed by atoms with E-state index in [9.17, 15) is 15.3 Å². The highest BCUT2D eigenvalue weighted by Gasteiger charge is 2.33. The summed E-state index contributed by atoms with van der Waals surface area (Å²) < 4.78 is 5.87. The summed E-state index contributed by atoms with van der Waals surface area (Å²) in [5.74, 6) is 0.265. The van der Waals surface area contributed by atoms with Crippen LogP contribution in [-0.2, 0) is 11.2 Å². The van der Waals surface area contributed by atoms with Crippen molar-refractivity contribution in [2.75, 3.05) is 18.8 Å². The van der Waals surface area contributed by atoms with Gasteiger partial charge in [-0.25, -0.2) is 0 Å². The minimum absolute atomic E-state index is 0.122. The fourth-order valence-electron chi connectivity index (χ4n) is 4.22. The fraction of sp³-hybridized carbons (Fsp3) is 0.478. The summed E-state index contributed by atoms with van der Waals surface area (Å²) in [4.78, 5) is 2.19. The lowest BCUT2D eigenvalue weighted by molar-refractivity contribution is -0.181. The Hall–Kier alpha value is -2.00. The minimum atomic E-state index is -1.58. The molecule has 0 radical (unpaired) electrons. The predicted molar refractivity (Wildman–Crippen MR) is 116 cm³/mol. The molecular weight excluding hydrogens is 382 g/mol. The van der Waals surface area contributed by atoms with Crippen molar-refractivity contribution in [1.82, 2.24) is 10.2 Å². The Kier molecular flexibility index (Phi) is 7.82. The zero-order valence-corrected chi connectivity index (χ0v) is 17.6. The molecule has 0 saturated heterocycles. The molecule has 2 aromatic rings. The van der Waals surface area contributed by atoms with Gasteiger partial charge in [0.05, 0.1) is 0 Å². The lowest BCUT2D eigenvalue weighted by Crippen LogP contribution is -2.45. The largest absolute Gasteiger partial charge is 0.399 e. The van der Waals surface area contributed by atoms with Gasteiger partial charge in [-0.05, 0) is 54.5 Å². The van der Waals surface area contributed by atoms with E-state index in [2.05, 4.69) is 17.1 Å². The van der Waals surface area contributed by atoms with Crippen LogP contribution in [0.4, 0.5) is 5.69 Å². The smallest absolute Gasteiger partial charge is 0.211 e. The summed E-state index contributed by atoms with van der Waals surface area (Å²) in [5.41, 5.74) is 9.98. The first-order valence-corrected chi connectivity index (χ1v) is 10.5. The van der Waals surface area contributed by atoms with E-state index in [0.29, 0.717) is 25.1 Å². The Morgan fingerprint density at radius 1 is 1.13 bits per heavy atom. The fourth-order valence-corrected chi connectivity index (χ4v) is 4.22. The Morgan fingerprint density at radius 3 is 2.53 bits per heavy atom. The molecule has 164 valence electrons. The average molecular weight is 416 g/mol. The number of anilines is 1. The number of nitrogens with zero attached hydrogens (tertiary/aromatic N) is 1. The summed E-state index contributed by atoms with van der Waals surface area (Å²) in [5, 5.41) is 31.7. The number of hydrogen-bond acceptors (Lipinski definition) is 7. The van der Waals surface area contributed by atoms with E-state index in [1.807, 2.05) is 48.5 Å². The van der Waals surface area contributed by atoms with Crippen molar-refractivity contribution in [2.24, 2.45) is 0 Å². The molecule has 1 aliphatic rings. The molecule has 0 aromatic heterocycles. The second-order valence-electron chi connectivity index (χ2n) is 8.09. The minimum Gasteiger partial charge on any atom is -0.399 e. The lowest BCUT2D eigenvalue weighted by Gasteiger charge is -2.41. The first kappa shape index (κ1) is 22.7. The first-order valence-electron chi connectivity index (χ1n) is 10.5. The predicted octanol–water partition coefficient (Wildman–Crippen LogP) is 1.90. The summed E-state index contributed by atoms with van der Waals surface area (Å²) in [7, 11) is 0. The Bertz CT molecular complexity index is 800. The lowest BCUT2D eigenvalue weighted by atomic mass is 9.89. The van der Waals surface area contributed by atoms with Crippen molar-refractivity contribution >= 4 is 5.69 Å². The van der Waals surface area contributed by atoms with Crippen LogP contribution in [0.2, 0.25) is 0 Å². The molecule has 0 fully saturated rings. The number of fused-ring (bicyclic) bond motifs is 1. The van der Waals surface area contributed by atoms with Crippen molar-refractivity contribution in [3.63, 3.8) is 0 Å². The normalized spacial score (nSPS) is 21.4. The molecule has 7 nitrogen and oxygen atoms in total. The number of rotatable bonds is 9. The van der Waals surface area contributed by atoms with Crippen LogP contribution in [-0.4, -0.2) is 52.1 Å². The Labute approximate surface area is 178 Å². The topological polar surface area (TPSA) is 111 Å². The maximum absolute atomic E-state index is 9.91. The summed E-state index contributed by atoms with van der Waals surface area (Å²) in [6.07, 6.45) is -1.51. The van der Waals surface area contributed by atoms with Crippen LogP contribution in [0.3, 0.4) is 0 Å². The monoisotopic (exact) mass is 415 g/mol. The molecule has 1 aliphatic heterocycles. The zero-order valence-electron chi connectivity index (χ0n) is 17.6. The van der Waals surface area contributed by atoms with Crippen molar-refractivity contribution < 1.29 is 20.1 Å². The number of nitrogen functional groups attached to an aromatic ring is 1. The van der Waals surface area contributed by atoms with E-state index in [1.165, 1.54) is 0 Å². The van der Waals surface area contributed by atoms with Crippen LogP contribution in [0.25, 0.3) is 0 Å². The molecule has 30 heavy (non-hydrogen) atoms. The van der Waals surface area contributed by atoms with Gasteiger partial charge in [0.1, 0.15) is 6.23 Å². The average Bonchev–Trinajstić information content (AvgIpc) is 2.69. The number of benzene rings is 2. The van der Waals surface area contributed by atoms with E-state index >= 15 is 0 Å². The van der Waals surface area contributed by atoms with Gasteiger partial charge in [-0.1, -0.05) is 43.3 Å². The quantitative estimate of drug-likeness (QED) is 0.314. The van der Waals surface area contributed by atoms with Gasteiger partial charge in [0, 0.05) is 24.8 Å². The molecule has 1 heterocycles. The van der Waals surface area contributed by atoms with Crippen LogP contribution >= 0.6 is 0 Å². The zero-order chi connectivity index (χ0) is 21.7. The van der Waals surface area contributed by atoms with Gasteiger partial charge in [-0.2, -0.15) is 0 Å². The number of nitrogens with one attached hydrogen (secondary N) is 1. The highest BCUT2D eigenvalue weighted by Crippen LogP contribution is 2.38. The summed E-state index contributed by atoms with van der Waals surface area (Å²) in [6, 6.07) is 15.7. The third-order valence-electron chi connectivity index (χ3n) is 5.55. The van der Waals surface area contributed by atoms with Crippen LogP contribution in [0, 0.1) is 0 Å². The molecule has 3 rings (SSSR count). The van der Waals surface area contributed by atoms with E-state index in [-0.39, 0.29) is 18.2 Å². The van der Waals surface area contributed by atoms with Gasteiger partial charge in [0.25, 0.3) is 0 Å². The van der Waals surface area contributed by atoms with Crippen molar-refractivity contribution in [1.29, 1.82) is 0 Å². The number of nitrogens with two attached hydrogens (primary N) is 1. The van der Waals surface area contributed by atoms with Crippen LogP contribution in [0.5, 0.6) is 0 Å². The van der Waals surface area contributed by atoms with Gasteiger partial charge in [0.2, 0.25) is 6.41 Å². The molecule has 3 unspecified atom stereocenters. The highest BCUT2D eigenvalue weighted by molar-refractivity contribution is 5.47. The van der Waals surface area contributed by atoms with E-state index in [4.69, 9.17) is 10.5 Å². The van der Waals surface area contributed by atoms with Crippen LogP contribution in [0.1, 0.15) is 49.1 Å². The maximum atomic E-state index is 9.91. The van der Waals surface area contributed by atoms with Crippen molar-refractivity contribution in [3.8, 4) is 0 Å². The van der Waals surface area contributed by atoms with E-state index in [0.717, 1.165) is 23.2 Å². The number of ether oxygens (including phenoxy) is 1. The number of aliphatic hydroxyl groups excluding tert-OH is 2. The molecule has 0 amide bonds. The third kappa shape index (κ3) is 6.01. The van der Waals surface area contributed by atoms with Gasteiger partial charge in [-0.3, -0.25) is 10.2 Å². The van der Waals surface area contributed by atoms with Crippen LogP contribution in [0.15, 0.2) is 48.5 Å².